The molecule has 0 aromatic heterocycles. The molecule has 0 saturated carbocycles. The quantitative estimate of drug-likeness (QED) is 0.446. The average Bonchev–Trinajstić information content (AvgIpc) is 2.27. The normalized spacial score (nSPS) is 12.4. The highest BCUT2D eigenvalue weighted by Crippen LogP contribution is 2.53. The van der Waals surface area contributed by atoms with E-state index in [-0.39, 0.29) is 11.3 Å². The topological polar surface area (TPSA) is 17.1 Å². The molecular weight excluding hydrogens is 330 g/mol. The van der Waals surface area contributed by atoms with Crippen molar-refractivity contribution in [2.75, 3.05) is 0 Å². The first-order chi connectivity index (χ1) is 7.42. The van der Waals surface area contributed by atoms with Crippen LogP contribution in [0.25, 0.3) is 0 Å². The van der Waals surface area contributed by atoms with Crippen LogP contribution in [0.15, 0.2) is 24.3 Å². The van der Waals surface area contributed by atoms with E-state index in [0.29, 0.717) is 0 Å². The fourth-order valence-corrected chi connectivity index (χ4v) is 5.60. The number of alkyl halides is 1. The van der Waals surface area contributed by atoms with Crippen LogP contribution in [0.4, 0.5) is 0 Å². The van der Waals surface area contributed by atoms with Crippen LogP contribution in [-0.2, 0) is 8.99 Å². The van der Waals surface area contributed by atoms with Crippen molar-refractivity contribution in [2.45, 2.75) is 43.4 Å². The van der Waals surface area contributed by atoms with Gasteiger partial charge in [-0.2, -0.15) is 0 Å². The van der Waals surface area contributed by atoms with Crippen LogP contribution in [0.1, 0.15) is 33.3 Å². The Bertz CT molecular complexity index is 387. The van der Waals surface area contributed by atoms with E-state index >= 15 is 0 Å². The molecule has 0 aliphatic heterocycles. The van der Waals surface area contributed by atoms with Crippen molar-refractivity contribution in [1.29, 1.82) is 0 Å². The molecule has 0 N–H and O–H groups in total. The van der Waals surface area contributed by atoms with Crippen LogP contribution >= 0.6 is 29.7 Å². The van der Waals surface area contributed by atoms with Crippen LogP contribution in [0.3, 0.4) is 0 Å². The zero-order valence-electron chi connectivity index (χ0n) is 10.4. The van der Waals surface area contributed by atoms with Crippen LogP contribution in [0.2, 0.25) is 0 Å². The SMILES string of the molecule is CC(C)P(=O)(c1cccc(CI)c1)C(C)C. The predicted molar refractivity (Wildman–Crippen MR) is 81.7 cm³/mol. The number of benzene rings is 1. The summed E-state index contributed by atoms with van der Waals surface area (Å²) in [5, 5.41) is 1.05. The lowest BCUT2D eigenvalue weighted by Crippen LogP contribution is -2.19. The van der Waals surface area contributed by atoms with Crippen LogP contribution in [-0.4, -0.2) is 11.3 Å². The Morgan fingerprint density at radius 1 is 1.19 bits per heavy atom. The highest BCUT2D eigenvalue weighted by Gasteiger charge is 2.32. The van der Waals surface area contributed by atoms with Crippen molar-refractivity contribution in [3.8, 4) is 0 Å². The molecule has 0 aliphatic rings. The van der Waals surface area contributed by atoms with Crippen molar-refractivity contribution < 1.29 is 4.57 Å². The van der Waals surface area contributed by atoms with E-state index in [9.17, 15) is 4.57 Å². The van der Waals surface area contributed by atoms with Crippen molar-refractivity contribution >= 4 is 35.0 Å². The summed E-state index contributed by atoms with van der Waals surface area (Å²) in [6.07, 6.45) is 0. The Hall–Kier alpha value is 0.180. The van der Waals surface area contributed by atoms with Crippen LogP contribution in [0.5, 0.6) is 0 Å². The molecular formula is C13H20IOP. The molecule has 0 heterocycles. The Balaban J connectivity index is 3.27. The van der Waals surface area contributed by atoms with Crippen LogP contribution in [0, 0.1) is 0 Å². The Kier molecular flexibility index (Phi) is 5.06. The fourth-order valence-electron chi connectivity index (χ4n) is 2.05. The molecule has 3 heteroatoms. The Morgan fingerprint density at radius 2 is 1.75 bits per heavy atom. The predicted octanol–water partition coefficient (Wildman–Crippen LogP) is 4.43. The molecule has 0 bridgehead atoms. The maximum absolute atomic E-state index is 13.1. The lowest BCUT2D eigenvalue weighted by molar-refractivity contribution is 0.569. The van der Waals surface area contributed by atoms with E-state index in [2.05, 4.69) is 62.4 Å². The molecule has 16 heavy (non-hydrogen) atoms. The lowest BCUT2D eigenvalue weighted by atomic mass is 10.2. The first-order valence-electron chi connectivity index (χ1n) is 5.67. The number of halogens is 1. The van der Waals surface area contributed by atoms with Crippen molar-refractivity contribution in [2.24, 2.45) is 0 Å². The summed E-state index contributed by atoms with van der Waals surface area (Å²) in [5.74, 6) is 0. The molecule has 1 aromatic rings. The minimum atomic E-state index is -2.26. The zero-order chi connectivity index (χ0) is 12.3. The van der Waals surface area contributed by atoms with Gasteiger partial charge in [0.05, 0.1) is 0 Å². The third-order valence-electron chi connectivity index (χ3n) is 3.00. The van der Waals surface area contributed by atoms with Gasteiger partial charge in [0.15, 0.2) is 0 Å². The smallest absolute Gasteiger partial charge is 0.120 e. The van der Waals surface area contributed by atoms with Crippen molar-refractivity contribution in [1.82, 2.24) is 0 Å². The minimum Gasteiger partial charge on any atom is -0.318 e. The summed E-state index contributed by atoms with van der Waals surface area (Å²) in [6, 6.07) is 8.27. The Labute approximate surface area is 113 Å². The lowest BCUT2D eigenvalue weighted by Gasteiger charge is -2.26. The summed E-state index contributed by atoms with van der Waals surface area (Å²) in [5.41, 5.74) is 1.70. The molecule has 0 spiro atoms. The molecule has 0 aliphatic carbocycles. The standard InChI is InChI=1S/C13H20IOP/c1-10(2)16(15,11(3)4)13-7-5-6-12(8-13)9-14/h5-8,10-11H,9H2,1-4H3. The van der Waals surface area contributed by atoms with E-state index in [1.54, 1.807) is 0 Å². The molecule has 0 unspecified atom stereocenters. The molecule has 0 saturated heterocycles. The molecule has 0 amide bonds. The first kappa shape index (κ1) is 14.2. The molecule has 90 valence electrons. The Morgan fingerprint density at radius 3 is 2.19 bits per heavy atom. The second-order valence-electron chi connectivity index (χ2n) is 4.70. The molecule has 1 aromatic carbocycles. The van der Waals surface area contributed by atoms with Gasteiger partial charge in [0.1, 0.15) is 7.14 Å². The largest absolute Gasteiger partial charge is 0.318 e. The second kappa shape index (κ2) is 5.68. The molecule has 1 nitrogen and oxygen atoms in total. The molecule has 1 rings (SSSR count). The molecule has 0 atom stereocenters. The zero-order valence-corrected chi connectivity index (χ0v) is 13.5. The monoisotopic (exact) mass is 350 g/mol. The van der Waals surface area contributed by atoms with E-state index in [1.165, 1.54) is 5.56 Å². The highest BCUT2D eigenvalue weighted by molar-refractivity contribution is 14.1. The summed E-state index contributed by atoms with van der Waals surface area (Å²) in [4.78, 5) is 0. The summed E-state index contributed by atoms with van der Waals surface area (Å²) < 4.78 is 14.1. The van der Waals surface area contributed by atoms with Gasteiger partial charge in [-0.05, 0) is 11.6 Å². The second-order valence-corrected chi connectivity index (χ2v) is 9.46. The summed E-state index contributed by atoms with van der Waals surface area (Å²) >= 11 is 2.34. The van der Waals surface area contributed by atoms with Gasteiger partial charge in [0, 0.05) is 21.1 Å². The van der Waals surface area contributed by atoms with Gasteiger partial charge < -0.3 is 4.57 Å². The van der Waals surface area contributed by atoms with Gasteiger partial charge >= 0.3 is 0 Å². The summed E-state index contributed by atoms with van der Waals surface area (Å²) in [7, 11) is -2.26. The number of hydrogen-bond acceptors (Lipinski definition) is 1. The van der Waals surface area contributed by atoms with Gasteiger partial charge in [-0.1, -0.05) is 68.5 Å². The molecule has 0 radical (unpaired) electrons. The van der Waals surface area contributed by atoms with Gasteiger partial charge in [-0.25, -0.2) is 0 Å². The van der Waals surface area contributed by atoms with Crippen LogP contribution < -0.4 is 5.30 Å². The number of hydrogen-bond donors (Lipinski definition) is 0. The van der Waals surface area contributed by atoms with Crippen molar-refractivity contribution in [3.63, 3.8) is 0 Å². The van der Waals surface area contributed by atoms with E-state index < -0.39 is 7.14 Å². The molecule has 0 fully saturated rings. The minimum absolute atomic E-state index is 0.219. The average molecular weight is 350 g/mol. The van der Waals surface area contributed by atoms with Gasteiger partial charge in [-0.3, -0.25) is 0 Å². The number of rotatable bonds is 4. The van der Waals surface area contributed by atoms with E-state index in [0.717, 1.165) is 9.73 Å². The maximum atomic E-state index is 13.1. The van der Waals surface area contributed by atoms with Gasteiger partial charge in [0.25, 0.3) is 0 Å². The first-order valence-corrected chi connectivity index (χ1v) is 9.04. The van der Waals surface area contributed by atoms with Gasteiger partial charge in [-0.15, -0.1) is 0 Å². The highest BCUT2D eigenvalue weighted by atomic mass is 127. The van der Waals surface area contributed by atoms with E-state index in [4.69, 9.17) is 0 Å². The summed E-state index contributed by atoms with van der Waals surface area (Å²) in [6.45, 7) is 8.27. The third-order valence-corrected chi connectivity index (χ3v) is 8.04. The third kappa shape index (κ3) is 2.70. The van der Waals surface area contributed by atoms with Crippen molar-refractivity contribution in [3.05, 3.63) is 29.8 Å². The maximum Gasteiger partial charge on any atom is 0.120 e. The van der Waals surface area contributed by atoms with E-state index in [1.807, 2.05) is 12.1 Å². The fraction of sp³-hybridized carbons (Fsp3) is 0.538. The van der Waals surface area contributed by atoms with Gasteiger partial charge in [0.2, 0.25) is 0 Å².